The number of hydrogen-bond acceptors (Lipinski definition) is 3. The quantitative estimate of drug-likeness (QED) is 0.859. The highest BCUT2D eigenvalue weighted by atomic mass is 35.5. The largest absolute Gasteiger partial charge is 0.484 e. The van der Waals surface area contributed by atoms with Gasteiger partial charge in [-0.3, -0.25) is 4.90 Å². The Labute approximate surface area is 131 Å². The molecule has 0 radical (unpaired) electrons. The number of aliphatic hydroxyl groups excluding tert-OH is 1. The Morgan fingerprint density at radius 2 is 1.95 bits per heavy atom. The van der Waals surface area contributed by atoms with Crippen molar-refractivity contribution in [3.8, 4) is 5.75 Å². The molecule has 4 heteroatoms. The molecule has 116 valence electrons. The summed E-state index contributed by atoms with van der Waals surface area (Å²) in [5.41, 5.74) is 0.350. The number of benzene rings is 1. The third kappa shape index (κ3) is 2.67. The first-order chi connectivity index (χ1) is 9.90. The van der Waals surface area contributed by atoms with Crippen LogP contribution in [0.3, 0.4) is 0 Å². The van der Waals surface area contributed by atoms with Crippen LogP contribution in [0.4, 0.5) is 0 Å². The van der Waals surface area contributed by atoms with Gasteiger partial charge in [0.05, 0.1) is 11.1 Å². The lowest BCUT2D eigenvalue weighted by Gasteiger charge is -2.49. The number of hydrogen-bond donors (Lipinski definition) is 1. The molecule has 1 aromatic rings. The van der Waals surface area contributed by atoms with Crippen LogP contribution < -0.4 is 4.74 Å². The Hall–Kier alpha value is -0.770. The van der Waals surface area contributed by atoms with E-state index in [9.17, 15) is 5.11 Å². The zero-order valence-electron chi connectivity index (χ0n) is 13.0. The smallest absolute Gasteiger partial charge is 0.144 e. The van der Waals surface area contributed by atoms with Gasteiger partial charge in [0, 0.05) is 5.56 Å². The van der Waals surface area contributed by atoms with Gasteiger partial charge in [-0.15, -0.1) is 0 Å². The first kappa shape index (κ1) is 15.1. The van der Waals surface area contributed by atoms with Crippen LogP contribution in [0.15, 0.2) is 18.2 Å². The van der Waals surface area contributed by atoms with E-state index in [2.05, 4.69) is 11.8 Å². The van der Waals surface area contributed by atoms with Gasteiger partial charge in [0.1, 0.15) is 17.5 Å². The summed E-state index contributed by atoms with van der Waals surface area (Å²) in [6, 6.07) is 5.57. The maximum Gasteiger partial charge on any atom is 0.144 e. The predicted octanol–water partition coefficient (Wildman–Crippen LogP) is 3.64. The van der Waals surface area contributed by atoms with Gasteiger partial charge in [0.15, 0.2) is 0 Å². The molecule has 3 nitrogen and oxygen atoms in total. The van der Waals surface area contributed by atoms with Crippen LogP contribution in [0.1, 0.15) is 45.3 Å². The van der Waals surface area contributed by atoms with E-state index in [4.69, 9.17) is 16.3 Å². The summed E-state index contributed by atoms with van der Waals surface area (Å²) in [5.74, 6) is 1.41. The topological polar surface area (TPSA) is 32.7 Å². The van der Waals surface area contributed by atoms with E-state index in [0.29, 0.717) is 10.8 Å². The molecule has 0 spiro atoms. The minimum atomic E-state index is -0.559. The number of fused-ring (bicyclic) bond motifs is 1. The molecule has 2 aliphatic heterocycles. The van der Waals surface area contributed by atoms with Gasteiger partial charge in [-0.2, -0.15) is 0 Å². The predicted molar refractivity (Wildman–Crippen MR) is 84.9 cm³/mol. The Morgan fingerprint density at radius 3 is 2.62 bits per heavy atom. The standard InChI is InChI=1S/C17H24ClNO2/c1-11-7-9-19(10-8-11)16-14(20)12-5-4-6-13(18)15(12)21-17(16,2)3/h4-6,11,14,16,20H,7-10H2,1-3H3. The van der Waals surface area contributed by atoms with Crippen molar-refractivity contribution in [1.82, 2.24) is 4.90 Å². The van der Waals surface area contributed by atoms with Crippen molar-refractivity contribution in [3.05, 3.63) is 28.8 Å². The molecular formula is C17H24ClNO2. The Kier molecular flexibility index (Phi) is 3.93. The van der Waals surface area contributed by atoms with Gasteiger partial charge >= 0.3 is 0 Å². The molecule has 0 bridgehead atoms. The molecule has 1 aromatic carbocycles. The lowest BCUT2D eigenvalue weighted by Crippen LogP contribution is -2.59. The number of rotatable bonds is 1. The van der Waals surface area contributed by atoms with E-state index < -0.39 is 11.7 Å². The number of para-hydroxylation sites is 1. The molecule has 0 aromatic heterocycles. The second-order valence-electron chi connectivity index (χ2n) is 6.97. The van der Waals surface area contributed by atoms with Crippen molar-refractivity contribution in [1.29, 1.82) is 0 Å². The molecule has 0 amide bonds. The highest BCUT2D eigenvalue weighted by molar-refractivity contribution is 6.32. The molecule has 0 aliphatic carbocycles. The van der Waals surface area contributed by atoms with Crippen molar-refractivity contribution < 1.29 is 9.84 Å². The number of nitrogens with zero attached hydrogens (tertiary/aromatic N) is 1. The third-order valence-corrected chi connectivity index (χ3v) is 5.20. The summed E-state index contributed by atoms with van der Waals surface area (Å²) < 4.78 is 6.18. The molecule has 1 N–H and O–H groups in total. The molecule has 21 heavy (non-hydrogen) atoms. The summed E-state index contributed by atoms with van der Waals surface area (Å²) in [4.78, 5) is 2.38. The lowest BCUT2D eigenvalue weighted by atomic mass is 9.83. The van der Waals surface area contributed by atoms with Crippen LogP contribution in [0.2, 0.25) is 5.02 Å². The molecule has 2 atom stereocenters. The van der Waals surface area contributed by atoms with Gasteiger partial charge < -0.3 is 9.84 Å². The van der Waals surface area contributed by atoms with E-state index in [1.54, 1.807) is 0 Å². The fourth-order valence-corrected chi connectivity index (χ4v) is 3.91. The van der Waals surface area contributed by atoms with E-state index >= 15 is 0 Å². The van der Waals surface area contributed by atoms with E-state index in [1.807, 2.05) is 32.0 Å². The van der Waals surface area contributed by atoms with Crippen LogP contribution in [0.5, 0.6) is 5.75 Å². The van der Waals surface area contributed by atoms with E-state index in [1.165, 1.54) is 12.8 Å². The minimum absolute atomic E-state index is 0.0315. The number of ether oxygens (including phenoxy) is 1. The van der Waals surface area contributed by atoms with Gasteiger partial charge in [-0.05, 0) is 51.8 Å². The lowest BCUT2D eigenvalue weighted by molar-refractivity contribution is -0.0901. The number of halogens is 1. The molecule has 3 rings (SSSR count). The number of aliphatic hydroxyl groups is 1. The van der Waals surface area contributed by atoms with Gasteiger partial charge in [0.2, 0.25) is 0 Å². The minimum Gasteiger partial charge on any atom is -0.484 e. The maximum atomic E-state index is 10.9. The highest BCUT2D eigenvalue weighted by Gasteiger charge is 2.47. The Morgan fingerprint density at radius 1 is 1.29 bits per heavy atom. The van der Waals surface area contributed by atoms with Crippen LogP contribution in [0.25, 0.3) is 0 Å². The van der Waals surface area contributed by atoms with E-state index in [-0.39, 0.29) is 6.04 Å². The van der Waals surface area contributed by atoms with Crippen LogP contribution in [-0.4, -0.2) is 34.7 Å². The zero-order valence-corrected chi connectivity index (χ0v) is 13.7. The summed E-state index contributed by atoms with van der Waals surface area (Å²) in [5, 5.41) is 11.5. The van der Waals surface area contributed by atoms with Crippen molar-refractivity contribution in [3.63, 3.8) is 0 Å². The molecule has 0 saturated carbocycles. The molecule has 2 heterocycles. The van der Waals surface area contributed by atoms with Crippen molar-refractivity contribution in [2.45, 2.75) is 51.4 Å². The van der Waals surface area contributed by atoms with Crippen molar-refractivity contribution in [2.24, 2.45) is 5.92 Å². The fourth-order valence-electron chi connectivity index (χ4n) is 3.69. The first-order valence-corrected chi connectivity index (χ1v) is 8.17. The van der Waals surface area contributed by atoms with Gasteiger partial charge in [-0.1, -0.05) is 30.7 Å². The zero-order chi connectivity index (χ0) is 15.2. The summed E-state index contributed by atoms with van der Waals surface area (Å²) in [6.07, 6.45) is 1.81. The SMILES string of the molecule is CC1CCN(C2C(O)c3cccc(Cl)c3OC2(C)C)CC1. The fraction of sp³-hybridized carbons (Fsp3) is 0.647. The van der Waals surface area contributed by atoms with Gasteiger partial charge in [-0.25, -0.2) is 0 Å². The summed E-state index contributed by atoms with van der Waals surface area (Å²) in [6.45, 7) is 8.43. The Balaban J connectivity index is 1.94. The molecule has 2 unspecified atom stereocenters. The van der Waals surface area contributed by atoms with Gasteiger partial charge in [0.25, 0.3) is 0 Å². The second kappa shape index (κ2) is 5.45. The normalized spacial score (nSPS) is 29.8. The van der Waals surface area contributed by atoms with Crippen molar-refractivity contribution in [2.75, 3.05) is 13.1 Å². The average Bonchev–Trinajstić information content (AvgIpc) is 2.42. The molecule has 1 fully saturated rings. The summed E-state index contributed by atoms with van der Waals surface area (Å²) in [7, 11) is 0. The number of piperidine rings is 1. The second-order valence-corrected chi connectivity index (χ2v) is 7.38. The Bertz CT molecular complexity index is 524. The van der Waals surface area contributed by atoms with E-state index in [0.717, 1.165) is 24.6 Å². The average molecular weight is 310 g/mol. The highest BCUT2D eigenvalue weighted by Crippen LogP contribution is 2.45. The monoisotopic (exact) mass is 309 g/mol. The molecular weight excluding hydrogens is 286 g/mol. The maximum absolute atomic E-state index is 10.9. The van der Waals surface area contributed by atoms with Crippen molar-refractivity contribution >= 4 is 11.6 Å². The molecule has 1 saturated heterocycles. The van der Waals surface area contributed by atoms with Crippen LogP contribution >= 0.6 is 11.6 Å². The number of likely N-dealkylation sites (tertiary alicyclic amines) is 1. The summed E-state index contributed by atoms with van der Waals surface area (Å²) >= 11 is 6.24. The van der Waals surface area contributed by atoms with Crippen LogP contribution in [-0.2, 0) is 0 Å². The van der Waals surface area contributed by atoms with Crippen LogP contribution in [0, 0.1) is 5.92 Å². The third-order valence-electron chi connectivity index (χ3n) is 4.90. The molecule has 2 aliphatic rings. The first-order valence-electron chi connectivity index (χ1n) is 7.79.